The van der Waals surface area contributed by atoms with Gasteiger partial charge in [0.25, 0.3) is 0 Å². The Labute approximate surface area is 122 Å². The number of carbonyl (C=O) groups is 3. The summed E-state index contributed by atoms with van der Waals surface area (Å²) in [6, 6.07) is 6.57. The van der Waals surface area contributed by atoms with E-state index in [0.717, 1.165) is 11.1 Å². The third-order valence-electron chi connectivity index (χ3n) is 3.00. The largest absolute Gasteiger partial charge is 0.481 e. The van der Waals surface area contributed by atoms with Crippen LogP contribution in [0.4, 0.5) is 0 Å². The molecule has 114 valence electrons. The van der Waals surface area contributed by atoms with Gasteiger partial charge in [0.05, 0.1) is 6.42 Å². The van der Waals surface area contributed by atoms with E-state index < -0.39 is 30.3 Å². The second kappa shape index (κ2) is 8.04. The van der Waals surface area contributed by atoms with Crippen molar-refractivity contribution in [2.24, 2.45) is 0 Å². The van der Waals surface area contributed by atoms with E-state index in [1.54, 1.807) is 0 Å². The molecule has 0 fully saturated rings. The molecule has 0 aliphatic rings. The second-order valence-electron chi connectivity index (χ2n) is 4.90. The summed E-state index contributed by atoms with van der Waals surface area (Å²) in [6.07, 6.45) is 0.828. The SMILES string of the molecule is Cc1ccc(CCCC(=O)NC(CC(=O)O)C(=O)O)cc1. The summed E-state index contributed by atoms with van der Waals surface area (Å²) >= 11 is 0. The summed E-state index contributed by atoms with van der Waals surface area (Å²) in [7, 11) is 0. The van der Waals surface area contributed by atoms with E-state index in [1.165, 1.54) is 0 Å². The number of carboxylic acids is 2. The number of aliphatic carboxylic acids is 2. The lowest BCUT2D eigenvalue weighted by atomic mass is 10.1. The molecule has 6 heteroatoms. The lowest BCUT2D eigenvalue weighted by molar-refractivity contribution is -0.147. The maximum atomic E-state index is 11.6. The fourth-order valence-electron chi connectivity index (χ4n) is 1.85. The van der Waals surface area contributed by atoms with E-state index in [-0.39, 0.29) is 6.42 Å². The molecule has 1 amide bonds. The molecule has 1 aromatic rings. The van der Waals surface area contributed by atoms with Crippen molar-refractivity contribution in [2.75, 3.05) is 0 Å². The van der Waals surface area contributed by atoms with Gasteiger partial charge in [0.1, 0.15) is 6.04 Å². The van der Waals surface area contributed by atoms with E-state index in [4.69, 9.17) is 10.2 Å². The molecule has 0 aliphatic carbocycles. The van der Waals surface area contributed by atoms with Crippen molar-refractivity contribution in [1.29, 1.82) is 0 Å². The smallest absolute Gasteiger partial charge is 0.326 e. The Morgan fingerprint density at radius 2 is 1.76 bits per heavy atom. The molecule has 1 rings (SSSR count). The van der Waals surface area contributed by atoms with Crippen molar-refractivity contribution in [3.8, 4) is 0 Å². The molecule has 3 N–H and O–H groups in total. The van der Waals surface area contributed by atoms with Crippen LogP contribution in [-0.4, -0.2) is 34.1 Å². The minimum atomic E-state index is -1.38. The summed E-state index contributed by atoms with van der Waals surface area (Å²) in [5.41, 5.74) is 2.27. The first-order chi connectivity index (χ1) is 9.88. The molecule has 0 spiro atoms. The number of carboxylic acid groups (broad SMARTS) is 2. The highest BCUT2D eigenvalue weighted by molar-refractivity contribution is 5.86. The van der Waals surface area contributed by atoms with E-state index in [2.05, 4.69) is 5.32 Å². The molecule has 0 aromatic heterocycles. The van der Waals surface area contributed by atoms with Crippen molar-refractivity contribution >= 4 is 17.8 Å². The van der Waals surface area contributed by atoms with Gasteiger partial charge in [-0.05, 0) is 25.3 Å². The molecule has 0 radical (unpaired) electrons. The highest BCUT2D eigenvalue weighted by Crippen LogP contribution is 2.07. The summed E-state index contributed by atoms with van der Waals surface area (Å²) in [6.45, 7) is 1.99. The number of hydrogen-bond acceptors (Lipinski definition) is 3. The zero-order chi connectivity index (χ0) is 15.8. The van der Waals surface area contributed by atoms with Gasteiger partial charge < -0.3 is 15.5 Å². The molecule has 0 aliphatic heterocycles. The van der Waals surface area contributed by atoms with E-state index in [0.29, 0.717) is 12.8 Å². The lowest BCUT2D eigenvalue weighted by Gasteiger charge is -2.12. The minimum Gasteiger partial charge on any atom is -0.481 e. The molecule has 0 bridgehead atoms. The number of amides is 1. The van der Waals surface area contributed by atoms with Gasteiger partial charge in [0.15, 0.2) is 0 Å². The van der Waals surface area contributed by atoms with Crippen LogP contribution < -0.4 is 5.32 Å². The van der Waals surface area contributed by atoms with Crippen LogP contribution in [0.5, 0.6) is 0 Å². The summed E-state index contributed by atoms with van der Waals surface area (Å²) in [4.78, 5) is 32.9. The number of aryl methyl sites for hydroxylation is 2. The summed E-state index contributed by atoms with van der Waals surface area (Å²) < 4.78 is 0. The lowest BCUT2D eigenvalue weighted by Crippen LogP contribution is -2.42. The first-order valence-corrected chi connectivity index (χ1v) is 6.68. The van der Waals surface area contributed by atoms with Crippen molar-refractivity contribution in [1.82, 2.24) is 5.32 Å². The van der Waals surface area contributed by atoms with Crippen LogP contribution >= 0.6 is 0 Å². The maximum absolute atomic E-state index is 11.6. The predicted octanol–water partition coefficient (Wildman–Crippen LogP) is 1.36. The van der Waals surface area contributed by atoms with Gasteiger partial charge in [-0.25, -0.2) is 4.79 Å². The Balaban J connectivity index is 2.37. The molecule has 1 unspecified atom stereocenters. The van der Waals surface area contributed by atoms with Crippen molar-refractivity contribution < 1.29 is 24.6 Å². The number of nitrogens with one attached hydrogen (secondary N) is 1. The average molecular weight is 293 g/mol. The molecule has 0 saturated heterocycles. The van der Waals surface area contributed by atoms with Gasteiger partial charge in [-0.15, -0.1) is 0 Å². The van der Waals surface area contributed by atoms with Crippen molar-refractivity contribution in [3.05, 3.63) is 35.4 Å². The first kappa shape index (κ1) is 16.7. The molecule has 6 nitrogen and oxygen atoms in total. The van der Waals surface area contributed by atoms with Crippen LogP contribution in [0.2, 0.25) is 0 Å². The normalized spacial score (nSPS) is 11.7. The van der Waals surface area contributed by atoms with E-state index in [9.17, 15) is 14.4 Å². The van der Waals surface area contributed by atoms with Gasteiger partial charge in [-0.3, -0.25) is 9.59 Å². The molecule has 1 atom stereocenters. The van der Waals surface area contributed by atoms with Gasteiger partial charge in [-0.1, -0.05) is 29.8 Å². The number of carbonyl (C=O) groups excluding carboxylic acids is 1. The fourth-order valence-corrected chi connectivity index (χ4v) is 1.85. The Bertz CT molecular complexity index is 509. The number of benzene rings is 1. The third-order valence-corrected chi connectivity index (χ3v) is 3.00. The van der Waals surface area contributed by atoms with Crippen LogP contribution in [0, 0.1) is 6.92 Å². The zero-order valence-electron chi connectivity index (χ0n) is 11.8. The Hall–Kier alpha value is -2.37. The molecule has 21 heavy (non-hydrogen) atoms. The Morgan fingerprint density at radius 3 is 2.29 bits per heavy atom. The van der Waals surface area contributed by atoms with Gasteiger partial charge >= 0.3 is 11.9 Å². The fraction of sp³-hybridized carbons (Fsp3) is 0.400. The van der Waals surface area contributed by atoms with Gasteiger partial charge in [-0.2, -0.15) is 0 Å². The van der Waals surface area contributed by atoms with Crippen LogP contribution in [0.3, 0.4) is 0 Å². The second-order valence-corrected chi connectivity index (χ2v) is 4.90. The molecule has 0 heterocycles. The van der Waals surface area contributed by atoms with Crippen molar-refractivity contribution in [3.63, 3.8) is 0 Å². The molecule has 0 saturated carbocycles. The molecular weight excluding hydrogens is 274 g/mol. The standard InChI is InChI=1S/C15H19NO5/c1-10-5-7-11(8-6-10)3-2-4-13(17)16-12(15(20)21)9-14(18)19/h5-8,12H,2-4,9H2,1H3,(H,16,17)(H,18,19)(H,20,21). The summed E-state index contributed by atoms with van der Waals surface area (Å²) in [5, 5.41) is 19.6. The third kappa shape index (κ3) is 6.56. The number of hydrogen-bond donors (Lipinski definition) is 3. The predicted molar refractivity (Wildman–Crippen MR) is 75.9 cm³/mol. The van der Waals surface area contributed by atoms with E-state index in [1.807, 2.05) is 31.2 Å². The van der Waals surface area contributed by atoms with Crippen LogP contribution in [-0.2, 0) is 20.8 Å². The average Bonchev–Trinajstić information content (AvgIpc) is 2.39. The Morgan fingerprint density at radius 1 is 1.14 bits per heavy atom. The zero-order valence-corrected chi connectivity index (χ0v) is 11.8. The summed E-state index contributed by atoms with van der Waals surface area (Å²) in [5.74, 6) is -3.05. The highest BCUT2D eigenvalue weighted by atomic mass is 16.4. The molecule has 1 aromatic carbocycles. The molecular formula is C15H19NO5. The van der Waals surface area contributed by atoms with Crippen molar-refractivity contribution in [2.45, 2.75) is 38.6 Å². The number of rotatable bonds is 8. The Kier molecular flexibility index (Phi) is 6.39. The minimum absolute atomic E-state index is 0.164. The van der Waals surface area contributed by atoms with Gasteiger partial charge in [0.2, 0.25) is 5.91 Å². The topological polar surface area (TPSA) is 104 Å². The van der Waals surface area contributed by atoms with Crippen LogP contribution in [0.25, 0.3) is 0 Å². The monoisotopic (exact) mass is 293 g/mol. The van der Waals surface area contributed by atoms with Crippen LogP contribution in [0.1, 0.15) is 30.4 Å². The van der Waals surface area contributed by atoms with Crippen LogP contribution in [0.15, 0.2) is 24.3 Å². The quantitative estimate of drug-likeness (QED) is 0.671. The maximum Gasteiger partial charge on any atom is 0.326 e. The van der Waals surface area contributed by atoms with E-state index >= 15 is 0 Å². The van der Waals surface area contributed by atoms with Gasteiger partial charge in [0, 0.05) is 6.42 Å². The highest BCUT2D eigenvalue weighted by Gasteiger charge is 2.22. The first-order valence-electron chi connectivity index (χ1n) is 6.68.